The van der Waals surface area contributed by atoms with Crippen molar-refractivity contribution in [2.24, 2.45) is 5.92 Å². The van der Waals surface area contributed by atoms with E-state index in [0.29, 0.717) is 12.1 Å². The number of piperazine rings is 1. The Labute approximate surface area is 123 Å². The second kappa shape index (κ2) is 7.61. The maximum Gasteiger partial charge on any atom is 0.0476 e. The van der Waals surface area contributed by atoms with Gasteiger partial charge in [-0.1, -0.05) is 62.8 Å². The molecule has 0 radical (unpaired) electrons. The molecular weight excluding hydrogens is 244 g/mol. The van der Waals surface area contributed by atoms with Crippen LogP contribution >= 0.6 is 0 Å². The minimum absolute atomic E-state index is 0.493. The molecule has 2 heteroatoms. The first kappa shape index (κ1) is 15.3. The Kier molecular flexibility index (Phi) is 5.81. The molecule has 0 aromatic heterocycles. The Bertz CT molecular complexity index is 413. The lowest BCUT2D eigenvalue weighted by molar-refractivity contribution is 0.122. The number of hydrogen-bond acceptors (Lipinski definition) is 2. The van der Waals surface area contributed by atoms with Crippen LogP contribution in [0.4, 0.5) is 0 Å². The van der Waals surface area contributed by atoms with E-state index < -0.39 is 0 Å². The summed E-state index contributed by atoms with van der Waals surface area (Å²) in [7, 11) is 0. The highest BCUT2D eigenvalue weighted by Gasteiger charge is 2.30. The number of rotatable bonds is 5. The van der Waals surface area contributed by atoms with Gasteiger partial charge >= 0.3 is 0 Å². The lowest BCUT2D eigenvalue weighted by Gasteiger charge is -2.42. The Morgan fingerprint density at radius 3 is 2.75 bits per heavy atom. The molecule has 1 N–H and O–H groups in total. The summed E-state index contributed by atoms with van der Waals surface area (Å²) in [5.41, 5.74) is 1.42. The summed E-state index contributed by atoms with van der Waals surface area (Å²) in [5.74, 6) is 0.736. The molecule has 2 rings (SSSR count). The molecule has 20 heavy (non-hydrogen) atoms. The lowest BCUT2D eigenvalue weighted by atomic mass is 9.93. The predicted octanol–water partition coefficient (Wildman–Crippen LogP) is 3.62. The van der Waals surface area contributed by atoms with Crippen molar-refractivity contribution in [3.8, 4) is 0 Å². The average Bonchev–Trinajstić information content (AvgIpc) is 2.52. The summed E-state index contributed by atoms with van der Waals surface area (Å²) < 4.78 is 0. The highest BCUT2D eigenvalue weighted by atomic mass is 15.2. The Hall–Kier alpha value is -1.12. The van der Waals surface area contributed by atoms with Crippen molar-refractivity contribution in [1.29, 1.82) is 0 Å². The molecule has 1 aliphatic rings. The van der Waals surface area contributed by atoms with Crippen LogP contribution in [0.2, 0.25) is 0 Å². The molecular formula is C18H28N2. The van der Waals surface area contributed by atoms with Crippen LogP contribution in [0.25, 0.3) is 0 Å². The zero-order chi connectivity index (χ0) is 14.4. The molecule has 3 unspecified atom stereocenters. The molecule has 3 atom stereocenters. The SMILES string of the molecule is C/C=C/CN1CC(C(C)CC)NCC1c1ccccc1. The second-order valence-electron chi connectivity index (χ2n) is 5.85. The van der Waals surface area contributed by atoms with Gasteiger partial charge in [-0.3, -0.25) is 4.90 Å². The fourth-order valence-corrected chi connectivity index (χ4v) is 2.95. The van der Waals surface area contributed by atoms with Crippen LogP contribution in [0.1, 0.15) is 38.8 Å². The first-order chi connectivity index (χ1) is 9.76. The van der Waals surface area contributed by atoms with Crippen LogP contribution in [0.15, 0.2) is 42.5 Å². The first-order valence-electron chi connectivity index (χ1n) is 7.89. The van der Waals surface area contributed by atoms with E-state index >= 15 is 0 Å². The molecule has 110 valence electrons. The van der Waals surface area contributed by atoms with Crippen molar-refractivity contribution < 1.29 is 0 Å². The molecule has 0 spiro atoms. The number of hydrogen-bond donors (Lipinski definition) is 1. The largest absolute Gasteiger partial charge is 0.311 e. The normalized spacial score (nSPS) is 25.9. The maximum atomic E-state index is 3.76. The molecule has 1 aliphatic heterocycles. The third-order valence-electron chi connectivity index (χ3n) is 4.54. The van der Waals surface area contributed by atoms with Crippen LogP contribution in [0.3, 0.4) is 0 Å². The number of allylic oxidation sites excluding steroid dienone is 1. The van der Waals surface area contributed by atoms with E-state index in [4.69, 9.17) is 0 Å². The van der Waals surface area contributed by atoms with Gasteiger partial charge in [-0.15, -0.1) is 0 Å². The predicted molar refractivity (Wildman–Crippen MR) is 86.8 cm³/mol. The summed E-state index contributed by atoms with van der Waals surface area (Å²) in [4.78, 5) is 2.61. The molecule has 0 bridgehead atoms. The van der Waals surface area contributed by atoms with Crippen molar-refractivity contribution in [3.63, 3.8) is 0 Å². The third-order valence-corrected chi connectivity index (χ3v) is 4.54. The Balaban J connectivity index is 2.11. The molecule has 1 saturated heterocycles. The van der Waals surface area contributed by atoms with E-state index in [2.05, 4.69) is 73.5 Å². The minimum Gasteiger partial charge on any atom is -0.311 e. The van der Waals surface area contributed by atoms with Crippen LogP contribution in [0, 0.1) is 5.92 Å². The maximum absolute atomic E-state index is 3.76. The zero-order valence-electron chi connectivity index (χ0n) is 13.0. The van der Waals surface area contributed by atoms with E-state index in [1.165, 1.54) is 12.0 Å². The van der Waals surface area contributed by atoms with Crippen LogP contribution in [-0.4, -0.2) is 30.6 Å². The molecule has 2 nitrogen and oxygen atoms in total. The van der Waals surface area contributed by atoms with Gasteiger partial charge in [-0.2, -0.15) is 0 Å². The molecule has 0 amide bonds. The van der Waals surface area contributed by atoms with Gasteiger partial charge in [-0.05, 0) is 18.4 Å². The summed E-state index contributed by atoms with van der Waals surface area (Å²) in [6.45, 7) is 9.98. The van der Waals surface area contributed by atoms with E-state index in [1.807, 2.05) is 0 Å². The molecule has 1 fully saturated rings. The molecule has 1 aromatic rings. The fraction of sp³-hybridized carbons (Fsp3) is 0.556. The molecule has 1 heterocycles. The highest BCUT2D eigenvalue weighted by Crippen LogP contribution is 2.25. The standard InChI is InChI=1S/C18H28N2/c1-4-6-12-20-14-17(15(3)5-2)19-13-18(20)16-10-8-7-9-11-16/h4,6-11,15,17-19H,5,12-14H2,1-3H3/b6-4+. The number of benzene rings is 1. The average molecular weight is 272 g/mol. The van der Waals surface area contributed by atoms with Crippen LogP contribution in [-0.2, 0) is 0 Å². The van der Waals surface area contributed by atoms with Crippen molar-refractivity contribution in [2.45, 2.75) is 39.3 Å². The van der Waals surface area contributed by atoms with E-state index in [9.17, 15) is 0 Å². The molecule has 0 saturated carbocycles. The van der Waals surface area contributed by atoms with E-state index in [1.54, 1.807) is 0 Å². The van der Waals surface area contributed by atoms with Gasteiger partial charge in [0.05, 0.1) is 0 Å². The van der Waals surface area contributed by atoms with Gasteiger partial charge < -0.3 is 5.32 Å². The first-order valence-corrected chi connectivity index (χ1v) is 7.89. The highest BCUT2D eigenvalue weighted by molar-refractivity contribution is 5.20. The monoisotopic (exact) mass is 272 g/mol. The van der Waals surface area contributed by atoms with Gasteiger partial charge in [0.1, 0.15) is 0 Å². The van der Waals surface area contributed by atoms with Crippen molar-refractivity contribution in [3.05, 3.63) is 48.0 Å². The van der Waals surface area contributed by atoms with Crippen LogP contribution in [0.5, 0.6) is 0 Å². The van der Waals surface area contributed by atoms with Gasteiger partial charge in [-0.25, -0.2) is 0 Å². The van der Waals surface area contributed by atoms with E-state index in [-0.39, 0.29) is 0 Å². The molecule has 1 aromatic carbocycles. The van der Waals surface area contributed by atoms with Gasteiger partial charge in [0, 0.05) is 31.7 Å². The lowest BCUT2D eigenvalue weighted by Crippen LogP contribution is -2.54. The Morgan fingerprint density at radius 2 is 2.10 bits per heavy atom. The summed E-state index contributed by atoms with van der Waals surface area (Å²) >= 11 is 0. The van der Waals surface area contributed by atoms with Crippen molar-refractivity contribution in [1.82, 2.24) is 10.2 Å². The van der Waals surface area contributed by atoms with Crippen molar-refractivity contribution >= 4 is 0 Å². The zero-order valence-corrected chi connectivity index (χ0v) is 13.0. The summed E-state index contributed by atoms with van der Waals surface area (Å²) in [6, 6.07) is 12.0. The quantitative estimate of drug-likeness (QED) is 0.824. The summed E-state index contributed by atoms with van der Waals surface area (Å²) in [6.07, 6.45) is 5.67. The smallest absolute Gasteiger partial charge is 0.0476 e. The fourth-order valence-electron chi connectivity index (χ4n) is 2.95. The van der Waals surface area contributed by atoms with Crippen molar-refractivity contribution in [2.75, 3.05) is 19.6 Å². The van der Waals surface area contributed by atoms with E-state index in [0.717, 1.165) is 25.6 Å². The number of nitrogens with one attached hydrogen (secondary N) is 1. The van der Waals surface area contributed by atoms with Gasteiger partial charge in [0.15, 0.2) is 0 Å². The minimum atomic E-state index is 0.493. The van der Waals surface area contributed by atoms with Gasteiger partial charge in [0.2, 0.25) is 0 Å². The third kappa shape index (κ3) is 3.71. The van der Waals surface area contributed by atoms with Gasteiger partial charge in [0.25, 0.3) is 0 Å². The Morgan fingerprint density at radius 1 is 1.35 bits per heavy atom. The number of nitrogens with zero attached hydrogens (tertiary/aromatic N) is 1. The van der Waals surface area contributed by atoms with Crippen LogP contribution < -0.4 is 5.32 Å². The second-order valence-corrected chi connectivity index (χ2v) is 5.85. The summed E-state index contributed by atoms with van der Waals surface area (Å²) in [5, 5.41) is 3.76. The molecule has 0 aliphatic carbocycles. The topological polar surface area (TPSA) is 15.3 Å².